The molecule has 1 amide bonds. The molecule has 0 saturated heterocycles. The lowest BCUT2D eigenvalue weighted by Gasteiger charge is -2.18. The lowest BCUT2D eigenvalue weighted by Crippen LogP contribution is -2.30. The van der Waals surface area contributed by atoms with Gasteiger partial charge in [0.25, 0.3) is 5.91 Å². The Hall–Kier alpha value is -2.41. The first-order valence-electron chi connectivity index (χ1n) is 7.40. The van der Waals surface area contributed by atoms with Crippen LogP contribution in [0.2, 0.25) is 0 Å². The van der Waals surface area contributed by atoms with Gasteiger partial charge in [-0.25, -0.2) is 4.98 Å². The number of nitrogens with zero attached hydrogens (tertiary/aromatic N) is 1. The van der Waals surface area contributed by atoms with E-state index in [1.54, 1.807) is 26.2 Å². The topological polar surface area (TPSA) is 77.5 Å². The number of benzene rings is 1. The first-order valence-corrected chi connectivity index (χ1v) is 8.22. The third kappa shape index (κ3) is 4.32. The molecule has 24 heavy (non-hydrogen) atoms. The van der Waals surface area contributed by atoms with E-state index in [2.05, 4.69) is 10.3 Å². The van der Waals surface area contributed by atoms with Crippen molar-refractivity contribution in [1.29, 1.82) is 0 Å². The Morgan fingerprint density at radius 3 is 2.38 bits per heavy atom. The molecule has 6 nitrogen and oxygen atoms in total. The number of nitrogens with one attached hydrogen (secondary N) is 1. The number of aryl methyl sites for hydroxylation is 2. The normalized spacial score (nSPS) is 11.7. The number of hydrogen-bond acceptors (Lipinski definition) is 6. The van der Waals surface area contributed by atoms with Crippen LogP contribution < -0.4 is 10.1 Å². The number of esters is 1. The Balaban J connectivity index is 2.23. The van der Waals surface area contributed by atoms with Gasteiger partial charge < -0.3 is 14.8 Å². The second kappa shape index (κ2) is 7.92. The van der Waals surface area contributed by atoms with Crippen LogP contribution >= 0.6 is 11.3 Å². The fourth-order valence-corrected chi connectivity index (χ4v) is 3.13. The lowest BCUT2D eigenvalue weighted by atomic mass is 10.0. The van der Waals surface area contributed by atoms with Gasteiger partial charge in [0.15, 0.2) is 0 Å². The second-order valence-electron chi connectivity index (χ2n) is 5.23. The second-order valence-corrected chi connectivity index (χ2v) is 6.43. The van der Waals surface area contributed by atoms with E-state index >= 15 is 0 Å². The summed E-state index contributed by atoms with van der Waals surface area (Å²) in [5.74, 6) is 0.0620. The monoisotopic (exact) mass is 348 g/mol. The molecule has 0 saturated carbocycles. The van der Waals surface area contributed by atoms with Crippen LogP contribution in [0, 0.1) is 13.8 Å². The summed E-state index contributed by atoms with van der Waals surface area (Å²) in [5, 5.41) is 3.72. The van der Waals surface area contributed by atoms with Crippen LogP contribution in [0.5, 0.6) is 5.75 Å². The molecule has 0 spiro atoms. The van der Waals surface area contributed by atoms with Gasteiger partial charge in [-0.3, -0.25) is 9.59 Å². The summed E-state index contributed by atoms with van der Waals surface area (Å²) in [5.41, 5.74) is 1.48. The minimum atomic E-state index is -0.488. The summed E-state index contributed by atoms with van der Waals surface area (Å²) < 4.78 is 9.87. The Bertz CT molecular complexity index is 725. The van der Waals surface area contributed by atoms with Crippen LogP contribution in [0.15, 0.2) is 24.3 Å². The van der Waals surface area contributed by atoms with Crippen molar-refractivity contribution >= 4 is 23.2 Å². The van der Waals surface area contributed by atoms with Crippen molar-refractivity contribution < 1.29 is 19.1 Å². The van der Waals surface area contributed by atoms with Crippen LogP contribution in [0.1, 0.15) is 38.4 Å². The zero-order chi connectivity index (χ0) is 17.7. The number of aromatic nitrogens is 1. The van der Waals surface area contributed by atoms with Crippen molar-refractivity contribution in [3.63, 3.8) is 0 Å². The summed E-state index contributed by atoms with van der Waals surface area (Å²) >= 11 is 1.33. The number of carbonyl (C=O) groups excluding carboxylic acids is 2. The Labute approximate surface area is 144 Å². The molecule has 0 fully saturated rings. The van der Waals surface area contributed by atoms with Gasteiger partial charge in [-0.15, -0.1) is 11.3 Å². The number of rotatable bonds is 6. The SMILES string of the molecule is COC(=O)C[C@H](NC(=O)c1sc(C)nc1C)c1ccc(OC)cc1. The van der Waals surface area contributed by atoms with E-state index in [1.165, 1.54) is 18.4 Å². The van der Waals surface area contributed by atoms with Crippen molar-refractivity contribution in [3.8, 4) is 5.75 Å². The fraction of sp³-hybridized carbons (Fsp3) is 0.353. The molecule has 7 heteroatoms. The van der Waals surface area contributed by atoms with Gasteiger partial charge >= 0.3 is 5.97 Å². The predicted octanol–water partition coefficient (Wildman–Crippen LogP) is 2.80. The smallest absolute Gasteiger partial charge is 0.307 e. The molecule has 1 heterocycles. The molecule has 128 valence electrons. The molecule has 2 aromatic rings. The average Bonchev–Trinajstić information content (AvgIpc) is 2.92. The molecule has 0 unspecified atom stereocenters. The highest BCUT2D eigenvalue weighted by Gasteiger charge is 2.22. The minimum absolute atomic E-state index is 0.0470. The molecule has 0 bridgehead atoms. The molecule has 1 atom stereocenters. The number of hydrogen-bond donors (Lipinski definition) is 1. The molecule has 0 aliphatic rings. The molecule has 1 N–H and O–H groups in total. The number of ether oxygens (including phenoxy) is 2. The Morgan fingerprint density at radius 2 is 1.88 bits per heavy atom. The van der Waals surface area contributed by atoms with E-state index in [0.717, 1.165) is 10.6 Å². The Kier molecular flexibility index (Phi) is 5.92. The van der Waals surface area contributed by atoms with Gasteiger partial charge in [-0.05, 0) is 31.5 Å². The van der Waals surface area contributed by atoms with Crippen molar-refractivity contribution in [3.05, 3.63) is 45.4 Å². The van der Waals surface area contributed by atoms with Gasteiger partial charge in [0.1, 0.15) is 10.6 Å². The van der Waals surface area contributed by atoms with E-state index in [0.29, 0.717) is 16.3 Å². The van der Waals surface area contributed by atoms with E-state index in [9.17, 15) is 9.59 Å². The zero-order valence-electron chi connectivity index (χ0n) is 14.1. The maximum absolute atomic E-state index is 12.5. The Morgan fingerprint density at radius 1 is 1.21 bits per heavy atom. The number of methoxy groups -OCH3 is 2. The first kappa shape index (κ1) is 17.9. The van der Waals surface area contributed by atoms with Gasteiger partial charge in [0.2, 0.25) is 0 Å². The van der Waals surface area contributed by atoms with Gasteiger partial charge in [0.05, 0.1) is 37.4 Å². The predicted molar refractivity (Wildman–Crippen MR) is 91.4 cm³/mol. The van der Waals surface area contributed by atoms with E-state index in [4.69, 9.17) is 9.47 Å². The van der Waals surface area contributed by atoms with E-state index in [1.807, 2.05) is 19.1 Å². The number of thiazole rings is 1. The summed E-state index contributed by atoms with van der Waals surface area (Å²) in [6, 6.07) is 6.72. The summed E-state index contributed by atoms with van der Waals surface area (Å²) in [4.78, 5) is 29.1. The molecule has 1 aromatic carbocycles. The van der Waals surface area contributed by atoms with Crippen LogP contribution in [-0.4, -0.2) is 31.1 Å². The fourth-order valence-electron chi connectivity index (χ4n) is 2.30. The molecule has 0 radical (unpaired) electrons. The zero-order valence-corrected chi connectivity index (χ0v) is 14.9. The van der Waals surface area contributed by atoms with Gasteiger partial charge in [-0.1, -0.05) is 12.1 Å². The maximum atomic E-state index is 12.5. The molecular formula is C17H20N2O4S. The summed E-state index contributed by atoms with van der Waals surface area (Å²) in [7, 11) is 2.91. The van der Waals surface area contributed by atoms with Crippen LogP contribution in [0.25, 0.3) is 0 Å². The molecule has 2 rings (SSSR count). The van der Waals surface area contributed by atoms with Crippen LogP contribution in [0.3, 0.4) is 0 Å². The largest absolute Gasteiger partial charge is 0.497 e. The molecule has 0 aliphatic heterocycles. The minimum Gasteiger partial charge on any atom is -0.497 e. The van der Waals surface area contributed by atoms with Gasteiger partial charge in [-0.2, -0.15) is 0 Å². The van der Waals surface area contributed by atoms with E-state index < -0.39 is 12.0 Å². The third-order valence-electron chi connectivity index (χ3n) is 3.53. The van der Waals surface area contributed by atoms with E-state index in [-0.39, 0.29) is 12.3 Å². The number of amides is 1. The quantitative estimate of drug-likeness (QED) is 0.812. The van der Waals surface area contributed by atoms with Crippen molar-refractivity contribution in [1.82, 2.24) is 10.3 Å². The van der Waals surface area contributed by atoms with Crippen molar-refractivity contribution in [2.24, 2.45) is 0 Å². The molecular weight excluding hydrogens is 328 g/mol. The lowest BCUT2D eigenvalue weighted by molar-refractivity contribution is -0.141. The third-order valence-corrected chi connectivity index (χ3v) is 4.60. The highest BCUT2D eigenvalue weighted by atomic mass is 32.1. The van der Waals surface area contributed by atoms with Gasteiger partial charge in [0, 0.05) is 0 Å². The van der Waals surface area contributed by atoms with Crippen molar-refractivity contribution in [2.45, 2.75) is 26.3 Å². The summed E-state index contributed by atoms with van der Waals surface area (Å²) in [6.07, 6.45) is 0.0470. The first-order chi connectivity index (χ1) is 11.4. The highest BCUT2D eigenvalue weighted by Crippen LogP contribution is 2.23. The maximum Gasteiger partial charge on any atom is 0.307 e. The van der Waals surface area contributed by atoms with Crippen LogP contribution in [0.4, 0.5) is 0 Å². The standard InChI is InChI=1S/C17H20N2O4S/c1-10-16(24-11(2)18-10)17(21)19-14(9-15(20)23-4)12-5-7-13(22-3)8-6-12/h5-8,14H,9H2,1-4H3,(H,19,21)/t14-/m0/s1. The average molecular weight is 348 g/mol. The van der Waals surface area contributed by atoms with Crippen LogP contribution in [-0.2, 0) is 9.53 Å². The molecule has 0 aliphatic carbocycles. The highest BCUT2D eigenvalue weighted by molar-refractivity contribution is 7.13. The summed E-state index contributed by atoms with van der Waals surface area (Å²) in [6.45, 7) is 3.64. The molecule has 1 aromatic heterocycles. The van der Waals surface area contributed by atoms with Crippen molar-refractivity contribution in [2.75, 3.05) is 14.2 Å². The number of carbonyl (C=O) groups is 2.